The smallest absolute Gasteiger partial charge is 0.192 e. The van der Waals surface area contributed by atoms with E-state index in [2.05, 4.69) is 83.7 Å². The lowest BCUT2D eigenvalue weighted by atomic mass is 10.0. The second-order valence-corrected chi connectivity index (χ2v) is 9.37. The topological polar surface area (TPSA) is 43.6 Å². The van der Waals surface area contributed by atoms with Gasteiger partial charge in [-0.3, -0.25) is 4.57 Å². The van der Waals surface area contributed by atoms with E-state index < -0.39 is 0 Å². The van der Waals surface area contributed by atoms with Gasteiger partial charge in [-0.2, -0.15) is 0 Å². The molecule has 0 unspecified atom stereocenters. The molecular weight excluding hydrogens is 436 g/mol. The Morgan fingerprint density at radius 2 is 1.62 bits per heavy atom. The first-order valence-electron chi connectivity index (χ1n) is 11.3. The molecule has 5 heteroatoms. The van der Waals surface area contributed by atoms with E-state index in [9.17, 15) is 0 Å². The van der Waals surface area contributed by atoms with E-state index in [-0.39, 0.29) is 0 Å². The molecule has 34 heavy (non-hydrogen) atoms. The van der Waals surface area contributed by atoms with Crippen LogP contribution in [0.5, 0.6) is 0 Å². The van der Waals surface area contributed by atoms with Crippen LogP contribution in [-0.2, 0) is 12.3 Å². The molecule has 5 rings (SSSR count). The molecule has 2 aromatic heterocycles. The average molecular weight is 463 g/mol. The molecule has 0 fully saturated rings. The molecule has 168 valence electrons. The van der Waals surface area contributed by atoms with Crippen LogP contribution in [0.3, 0.4) is 0 Å². The number of para-hydroxylation sites is 1. The van der Waals surface area contributed by atoms with Gasteiger partial charge in [-0.25, -0.2) is 4.98 Å². The highest BCUT2D eigenvalue weighted by atomic mass is 32.2. The van der Waals surface area contributed by atoms with Gasteiger partial charge in [-0.1, -0.05) is 95.7 Å². The number of rotatable bonds is 7. The molecule has 0 bridgehead atoms. The van der Waals surface area contributed by atoms with E-state index in [4.69, 9.17) is 4.98 Å². The molecule has 5 aromatic rings. The van der Waals surface area contributed by atoms with Crippen LogP contribution in [-0.4, -0.2) is 19.7 Å². The Morgan fingerprint density at radius 3 is 2.38 bits per heavy atom. The van der Waals surface area contributed by atoms with Gasteiger partial charge in [0.2, 0.25) is 0 Å². The normalized spacial score (nSPS) is 11.1. The highest BCUT2D eigenvalue weighted by molar-refractivity contribution is 7.98. The Morgan fingerprint density at radius 1 is 0.882 bits per heavy atom. The molecule has 0 spiro atoms. The standard InChI is InChI=1S/C29H26N4S/c1-4-14-33-28(31-32-29(33)34-19-22-16-20(2)15-21(3)17-22)25-18-27(23-10-6-5-7-11-23)30-26-13-9-8-12-24(25)26/h4-13,15-18H,1,14,19H2,2-3H3. The summed E-state index contributed by atoms with van der Waals surface area (Å²) in [4.78, 5) is 4.92. The van der Waals surface area contributed by atoms with Gasteiger partial charge >= 0.3 is 0 Å². The monoisotopic (exact) mass is 462 g/mol. The van der Waals surface area contributed by atoms with Crippen LogP contribution in [0.25, 0.3) is 33.5 Å². The molecule has 0 N–H and O–H groups in total. The molecule has 0 aliphatic carbocycles. The van der Waals surface area contributed by atoms with Crippen molar-refractivity contribution in [1.82, 2.24) is 19.7 Å². The summed E-state index contributed by atoms with van der Waals surface area (Å²) in [7, 11) is 0. The fourth-order valence-corrected chi connectivity index (χ4v) is 5.18. The highest BCUT2D eigenvalue weighted by Crippen LogP contribution is 2.33. The Balaban J connectivity index is 1.59. The molecule has 4 nitrogen and oxygen atoms in total. The third-order valence-corrected chi connectivity index (χ3v) is 6.74. The molecule has 0 aliphatic heterocycles. The third-order valence-electron chi connectivity index (χ3n) is 5.70. The van der Waals surface area contributed by atoms with Crippen LogP contribution in [0.4, 0.5) is 0 Å². The summed E-state index contributed by atoms with van der Waals surface area (Å²) in [5, 5.41) is 11.2. The zero-order valence-corrected chi connectivity index (χ0v) is 20.2. The Hall–Kier alpha value is -3.70. The average Bonchev–Trinajstić information content (AvgIpc) is 3.24. The summed E-state index contributed by atoms with van der Waals surface area (Å²) in [6.45, 7) is 8.89. The van der Waals surface area contributed by atoms with Gasteiger partial charge in [0, 0.05) is 28.8 Å². The summed E-state index contributed by atoms with van der Waals surface area (Å²) < 4.78 is 2.15. The van der Waals surface area contributed by atoms with Crippen molar-refractivity contribution in [2.24, 2.45) is 0 Å². The number of fused-ring (bicyclic) bond motifs is 1. The number of hydrogen-bond donors (Lipinski definition) is 0. The Kier molecular flexibility index (Phi) is 6.28. The van der Waals surface area contributed by atoms with Crippen LogP contribution in [0.1, 0.15) is 16.7 Å². The molecule has 0 radical (unpaired) electrons. The van der Waals surface area contributed by atoms with Gasteiger partial charge < -0.3 is 0 Å². The van der Waals surface area contributed by atoms with E-state index in [0.717, 1.165) is 44.5 Å². The van der Waals surface area contributed by atoms with E-state index in [1.165, 1.54) is 16.7 Å². The minimum absolute atomic E-state index is 0.634. The summed E-state index contributed by atoms with van der Waals surface area (Å²) in [6.07, 6.45) is 1.90. The lowest BCUT2D eigenvalue weighted by Gasteiger charge is -2.12. The van der Waals surface area contributed by atoms with Crippen molar-refractivity contribution < 1.29 is 0 Å². The van der Waals surface area contributed by atoms with Gasteiger partial charge in [0.05, 0.1) is 11.2 Å². The van der Waals surface area contributed by atoms with E-state index in [1.807, 2.05) is 36.4 Å². The van der Waals surface area contributed by atoms with E-state index in [1.54, 1.807) is 11.8 Å². The van der Waals surface area contributed by atoms with Crippen LogP contribution in [0.2, 0.25) is 0 Å². The number of aryl methyl sites for hydroxylation is 2. The van der Waals surface area contributed by atoms with E-state index >= 15 is 0 Å². The largest absolute Gasteiger partial charge is 0.298 e. The number of benzene rings is 3. The molecule has 0 amide bonds. The van der Waals surface area contributed by atoms with Crippen molar-refractivity contribution >= 4 is 22.7 Å². The maximum absolute atomic E-state index is 4.92. The molecule has 0 saturated heterocycles. The van der Waals surface area contributed by atoms with Crippen LogP contribution < -0.4 is 0 Å². The van der Waals surface area contributed by atoms with Gasteiger partial charge in [-0.05, 0) is 31.5 Å². The number of pyridine rings is 1. The summed E-state index contributed by atoms with van der Waals surface area (Å²) in [6, 6.07) is 27.3. The van der Waals surface area contributed by atoms with Crippen LogP contribution >= 0.6 is 11.8 Å². The number of thioether (sulfide) groups is 1. The number of hydrogen-bond acceptors (Lipinski definition) is 4. The minimum Gasteiger partial charge on any atom is -0.298 e. The van der Waals surface area contributed by atoms with Crippen molar-refractivity contribution in [3.05, 3.63) is 108 Å². The van der Waals surface area contributed by atoms with Crippen molar-refractivity contribution in [1.29, 1.82) is 0 Å². The van der Waals surface area contributed by atoms with Crippen LogP contribution in [0.15, 0.2) is 96.7 Å². The lowest BCUT2D eigenvalue weighted by Crippen LogP contribution is -2.02. The Bertz CT molecular complexity index is 1450. The van der Waals surface area contributed by atoms with Gasteiger partial charge in [0.25, 0.3) is 0 Å². The van der Waals surface area contributed by atoms with Crippen molar-refractivity contribution in [3.8, 4) is 22.6 Å². The number of nitrogens with zero attached hydrogens (tertiary/aromatic N) is 4. The fraction of sp³-hybridized carbons (Fsp3) is 0.138. The van der Waals surface area contributed by atoms with Crippen molar-refractivity contribution in [3.63, 3.8) is 0 Å². The maximum atomic E-state index is 4.92. The maximum Gasteiger partial charge on any atom is 0.192 e. The predicted molar refractivity (Wildman–Crippen MR) is 142 cm³/mol. The quantitative estimate of drug-likeness (QED) is 0.189. The van der Waals surface area contributed by atoms with Gasteiger partial charge in [0.1, 0.15) is 0 Å². The molecule has 0 saturated carbocycles. The molecule has 3 aromatic carbocycles. The first-order valence-corrected chi connectivity index (χ1v) is 12.3. The summed E-state index contributed by atoms with van der Waals surface area (Å²) in [5.74, 6) is 1.67. The molecule has 2 heterocycles. The minimum atomic E-state index is 0.634. The van der Waals surface area contributed by atoms with Crippen LogP contribution in [0, 0.1) is 13.8 Å². The number of aromatic nitrogens is 4. The molecule has 0 aliphatic rings. The predicted octanol–water partition coefficient (Wildman–Crippen LogP) is 7.26. The van der Waals surface area contributed by atoms with Gasteiger partial charge in [0.15, 0.2) is 11.0 Å². The summed E-state index contributed by atoms with van der Waals surface area (Å²) >= 11 is 1.70. The van der Waals surface area contributed by atoms with E-state index in [0.29, 0.717) is 6.54 Å². The van der Waals surface area contributed by atoms with Crippen molar-refractivity contribution in [2.45, 2.75) is 31.3 Å². The third kappa shape index (κ3) is 4.52. The van der Waals surface area contributed by atoms with Crippen molar-refractivity contribution in [2.75, 3.05) is 0 Å². The second kappa shape index (κ2) is 9.65. The lowest BCUT2D eigenvalue weighted by molar-refractivity contribution is 0.731. The number of allylic oxidation sites excluding steroid dienone is 1. The molecule has 0 atom stereocenters. The fourth-order valence-electron chi connectivity index (χ4n) is 4.31. The summed E-state index contributed by atoms with van der Waals surface area (Å²) in [5.41, 5.74) is 7.81. The first kappa shape index (κ1) is 22.1. The zero-order chi connectivity index (χ0) is 23.5. The molecular formula is C29H26N4S. The zero-order valence-electron chi connectivity index (χ0n) is 19.4. The Labute approximate surface area is 204 Å². The highest BCUT2D eigenvalue weighted by Gasteiger charge is 2.18. The SMILES string of the molecule is C=CCn1c(SCc2cc(C)cc(C)c2)nnc1-c1cc(-c2ccccc2)nc2ccccc12. The second-order valence-electron chi connectivity index (χ2n) is 8.43. The van der Waals surface area contributed by atoms with Gasteiger partial charge in [-0.15, -0.1) is 16.8 Å². The first-order chi connectivity index (χ1) is 16.6.